The van der Waals surface area contributed by atoms with Gasteiger partial charge in [0.2, 0.25) is 0 Å². The molecule has 1 atom stereocenters. The van der Waals surface area contributed by atoms with E-state index in [1.165, 1.54) is 11.3 Å². The lowest BCUT2D eigenvalue weighted by molar-refractivity contribution is -0.138. The van der Waals surface area contributed by atoms with E-state index in [9.17, 15) is 9.90 Å². The quantitative estimate of drug-likeness (QED) is 0.844. The van der Waals surface area contributed by atoms with Gasteiger partial charge in [0.1, 0.15) is 5.75 Å². The molecule has 1 N–H and O–H groups in total. The third-order valence-electron chi connectivity index (χ3n) is 2.99. The summed E-state index contributed by atoms with van der Waals surface area (Å²) in [6.07, 6.45) is 0.383. The minimum atomic E-state index is -0.840. The number of halogens is 1. The molecule has 0 amide bonds. The SMILES string of the molecule is CC(C)Oc1ccc(Cl)cc1CC(C(=O)O)c1cccs1. The van der Waals surface area contributed by atoms with Crippen molar-refractivity contribution in [2.45, 2.75) is 32.3 Å². The van der Waals surface area contributed by atoms with Gasteiger partial charge in [-0.15, -0.1) is 11.3 Å². The van der Waals surface area contributed by atoms with Crippen molar-refractivity contribution >= 4 is 28.9 Å². The topological polar surface area (TPSA) is 46.5 Å². The number of rotatable bonds is 6. The first kappa shape index (κ1) is 15.9. The third-order valence-corrected chi connectivity index (χ3v) is 4.22. The number of carbonyl (C=O) groups is 1. The van der Waals surface area contributed by atoms with Crippen LogP contribution in [0.4, 0.5) is 0 Å². The highest BCUT2D eigenvalue weighted by molar-refractivity contribution is 7.10. The Morgan fingerprint density at radius 1 is 1.38 bits per heavy atom. The Morgan fingerprint density at radius 3 is 2.71 bits per heavy atom. The fourth-order valence-corrected chi connectivity index (χ4v) is 3.11. The van der Waals surface area contributed by atoms with E-state index in [2.05, 4.69) is 0 Å². The van der Waals surface area contributed by atoms with Crippen LogP contribution in [0.25, 0.3) is 0 Å². The minimum Gasteiger partial charge on any atom is -0.491 e. The Bertz CT molecular complexity index is 608. The van der Waals surface area contributed by atoms with E-state index in [0.29, 0.717) is 17.2 Å². The van der Waals surface area contributed by atoms with Crippen molar-refractivity contribution in [3.05, 3.63) is 51.2 Å². The lowest BCUT2D eigenvalue weighted by atomic mass is 9.97. The standard InChI is InChI=1S/C16H17ClO3S/c1-10(2)20-14-6-5-12(17)8-11(14)9-13(16(18)19)15-4-3-7-21-15/h3-8,10,13H,9H2,1-2H3,(H,18,19). The average Bonchev–Trinajstić information content (AvgIpc) is 2.91. The second kappa shape index (κ2) is 6.96. The molecule has 0 saturated heterocycles. The van der Waals surface area contributed by atoms with E-state index in [1.807, 2.05) is 31.4 Å². The van der Waals surface area contributed by atoms with E-state index in [-0.39, 0.29) is 6.10 Å². The highest BCUT2D eigenvalue weighted by Crippen LogP contribution is 2.31. The summed E-state index contributed by atoms with van der Waals surface area (Å²) in [6, 6.07) is 9.04. The first-order valence-electron chi connectivity index (χ1n) is 6.68. The predicted octanol–water partition coefficient (Wildman–Crippen LogP) is 4.60. The fraction of sp³-hybridized carbons (Fsp3) is 0.312. The van der Waals surface area contributed by atoms with Crippen molar-refractivity contribution in [3.63, 3.8) is 0 Å². The maximum atomic E-state index is 11.6. The van der Waals surface area contributed by atoms with Gasteiger partial charge in [0, 0.05) is 9.90 Å². The lowest BCUT2D eigenvalue weighted by Gasteiger charge is -2.17. The molecule has 0 aliphatic carbocycles. The third kappa shape index (κ3) is 4.22. The lowest BCUT2D eigenvalue weighted by Crippen LogP contribution is -2.15. The minimum absolute atomic E-state index is 0.0231. The molecule has 0 fully saturated rings. The van der Waals surface area contributed by atoms with Gasteiger partial charge in [-0.25, -0.2) is 0 Å². The molecule has 21 heavy (non-hydrogen) atoms. The molecule has 0 aliphatic heterocycles. The van der Waals surface area contributed by atoms with Crippen LogP contribution in [0.5, 0.6) is 5.75 Å². The van der Waals surface area contributed by atoms with Crippen molar-refractivity contribution in [2.75, 3.05) is 0 Å². The van der Waals surface area contributed by atoms with Crippen LogP contribution in [0.1, 0.15) is 30.2 Å². The van der Waals surface area contributed by atoms with E-state index >= 15 is 0 Å². The van der Waals surface area contributed by atoms with Gasteiger partial charge in [-0.05, 0) is 55.5 Å². The average molecular weight is 325 g/mol. The zero-order valence-corrected chi connectivity index (χ0v) is 13.4. The highest BCUT2D eigenvalue weighted by Gasteiger charge is 2.23. The van der Waals surface area contributed by atoms with Crippen molar-refractivity contribution in [2.24, 2.45) is 0 Å². The monoisotopic (exact) mass is 324 g/mol. The Morgan fingerprint density at radius 2 is 2.14 bits per heavy atom. The largest absolute Gasteiger partial charge is 0.491 e. The first-order chi connectivity index (χ1) is 9.97. The second-order valence-electron chi connectivity index (χ2n) is 5.03. The number of hydrogen-bond donors (Lipinski definition) is 1. The number of carboxylic acid groups (broad SMARTS) is 1. The summed E-state index contributed by atoms with van der Waals surface area (Å²) in [7, 11) is 0. The van der Waals surface area contributed by atoms with Crippen LogP contribution >= 0.6 is 22.9 Å². The van der Waals surface area contributed by atoms with Crippen LogP contribution < -0.4 is 4.74 Å². The van der Waals surface area contributed by atoms with Crippen LogP contribution in [-0.2, 0) is 11.2 Å². The van der Waals surface area contributed by atoms with E-state index < -0.39 is 11.9 Å². The van der Waals surface area contributed by atoms with Crippen LogP contribution in [0, 0.1) is 0 Å². The van der Waals surface area contributed by atoms with Crippen LogP contribution in [-0.4, -0.2) is 17.2 Å². The van der Waals surface area contributed by atoms with Gasteiger partial charge in [-0.1, -0.05) is 17.7 Å². The summed E-state index contributed by atoms with van der Waals surface area (Å²) >= 11 is 7.49. The van der Waals surface area contributed by atoms with Gasteiger partial charge in [0.15, 0.2) is 0 Å². The molecular weight excluding hydrogens is 308 g/mol. The second-order valence-corrected chi connectivity index (χ2v) is 6.44. The van der Waals surface area contributed by atoms with Crippen LogP contribution in [0.2, 0.25) is 5.02 Å². The summed E-state index contributed by atoms with van der Waals surface area (Å²) < 4.78 is 5.75. The number of thiophene rings is 1. The van der Waals surface area contributed by atoms with Gasteiger partial charge in [-0.2, -0.15) is 0 Å². The molecule has 2 aromatic rings. The molecule has 0 spiro atoms. The molecule has 1 unspecified atom stereocenters. The van der Waals surface area contributed by atoms with Crippen molar-refractivity contribution in [1.29, 1.82) is 0 Å². The number of ether oxygens (including phenoxy) is 1. The molecule has 0 saturated carbocycles. The van der Waals surface area contributed by atoms with Crippen LogP contribution in [0.3, 0.4) is 0 Å². The van der Waals surface area contributed by atoms with Gasteiger partial charge in [-0.3, -0.25) is 4.79 Å². The maximum Gasteiger partial charge on any atom is 0.312 e. The molecule has 3 nitrogen and oxygen atoms in total. The summed E-state index contributed by atoms with van der Waals surface area (Å²) in [5, 5.41) is 11.9. The van der Waals surface area contributed by atoms with Crippen LogP contribution in [0.15, 0.2) is 35.7 Å². The Kier molecular flexibility index (Phi) is 5.26. The molecule has 2 rings (SSSR count). The molecule has 0 bridgehead atoms. The number of benzene rings is 1. The molecule has 1 heterocycles. The number of aliphatic carboxylic acids is 1. The first-order valence-corrected chi connectivity index (χ1v) is 7.94. The van der Waals surface area contributed by atoms with E-state index in [4.69, 9.17) is 16.3 Å². The van der Waals surface area contributed by atoms with Crippen molar-refractivity contribution in [1.82, 2.24) is 0 Å². The Labute approximate surface area is 133 Å². The summed E-state index contributed by atoms with van der Waals surface area (Å²) in [5.41, 5.74) is 0.817. The van der Waals surface area contributed by atoms with Crippen molar-refractivity contribution in [3.8, 4) is 5.75 Å². The van der Waals surface area contributed by atoms with Crippen molar-refractivity contribution < 1.29 is 14.6 Å². The highest BCUT2D eigenvalue weighted by atomic mass is 35.5. The van der Waals surface area contributed by atoms with Gasteiger partial charge >= 0.3 is 5.97 Å². The Hall–Kier alpha value is -1.52. The molecule has 1 aromatic carbocycles. The zero-order chi connectivity index (χ0) is 15.4. The van der Waals surface area contributed by atoms with Gasteiger partial charge in [0.05, 0.1) is 12.0 Å². The van der Waals surface area contributed by atoms with E-state index in [0.717, 1.165) is 10.4 Å². The van der Waals surface area contributed by atoms with Gasteiger partial charge < -0.3 is 9.84 Å². The van der Waals surface area contributed by atoms with Gasteiger partial charge in [0.25, 0.3) is 0 Å². The smallest absolute Gasteiger partial charge is 0.312 e. The zero-order valence-electron chi connectivity index (χ0n) is 11.9. The number of hydrogen-bond acceptors (Lipinski definition) is 3. The fourth-order valence-electron chi connectivity index (χ4n) is 2.10. The predicted molar refractivity (Wildman–Crippen MR) is 85.6 cm³/mol. The Balaban J connectivity index is 2.31. The summed E-state index contributed by atoms with van der Waals surface area (Å²) in [5.74, 6) is -0.733. The maximum absolute atomic E-state index is 11.6. The molecule has 5 heteroatoms. The number of carboxylic acids is 1. The molecular formula is C16H17ClO3S. The van der Waals surface area contributed by atoms with E-state index in [1.54, 1.807) is 18.2 Å². The summed E-state index contributed by atoms with van der Waals surface area (Å²) in [4.78, 5) is 12.4. The molecule has 1 aromatic heterocycles. The molecule has 112 valence electrons. The molecule has 0 radical (unpaired) electrons. The normalized spacial score (nSPS) is 12.4. The summed E-state index contributed by atoms with van der Waals surface area (Å²) in [6.45, 7) is 3.87. The molecule has 0 aliphatic rings.